The van der Waals surface area contributed by atoms with Gasteiger partial charge in [0.05, 0.1) is 23.4 Å². The normalized spacial score (nSPS) is 11.1. The highest BCUT2D eigenvalue weighted by molar-refractivity contribution is 7.22. The zero-order valence-corrected chi connectivity index (χ0v) is 18.7. The quantitative estimate of drug-likeness (QED) is 0.303. The lowest BCUT2D eigenvalue weighted by Gasteiger charge is -2.22. The van der Waals surface area contributed by atoms with Crippen LogP contribution in [0, 0.1) is 5.82 Å². The molecule has 0 aliphatic rings. The van der Waals surface area contributed by atoms with E-state index >= 15 is 0 Å². The first-order valence-corrected chi connectivity index (χ1v) is 11.4. The molecule has 0 saturated heterocycles. The van der Waals surface area contributed by atoms with Gasteiger partial charge >= 0.3 is 0 Å². The van der Waals surface area contributed by atoms with Crippen LogP contribution in [0.4, 0.5) is 9.52 Å². The van der Waals surface area contributed by atoms with Crippen LogP contribution in [-0.4, -0.2) is 22.5 Å². The van der Waals surface area contributed by atoms with Crippen LogP contribution < -0.4 is 9.64 Å². The summed E-state index contributed by atoms with van der Waals surface area (Å²) < 4.78 is 20.9. The van der Waals surface area contributed by atoms with Gasteiger partial charge in [-0.2, -0.15) is 0 Å². The molecule has 1 amide bonds. The van der Waals surface area contributed by atoms with E-state index < -0.39 is 5.82 Å². The molecule has 0 atom stereocenters. The topological polar surface area (TPSA) is 55.3 Å². The molecule has 33 heavy (non-hydrogen) atoms. The van der Waals surface area contributed by atoms with Gasteiger partial charge in [0.15, 0.2) is 5.13 Å². The Morgan fingerprint density at radius 2 is 1.94 bits per heavy atom. The van der Waals surface area contributed by atoms with Crippen LogP contribution in [0.1, 0.15) is 22.8 Å². The first-order chi connectivity index (χ1) is 16.2. The smallest absolute Gasteiger partial charge is 0.264 e. The first-order valence-electron chi connectivity index (χ1n) is 10.6. The maximum atomic E-state index is 14.4. The van der Waals surface area contributed by atoms with Gasteiger partial charge in [-0.1, -0.05) is 53.8 Å². The second kappa shape index (κ2) is 8.96. The van der Waals surface area contributed by atoms with Crippen LogP contribution in [0.3, 0.4) is 0 Å². The van der Waals surface area contributed by atoms with Crippen LogP contribution >= 0.6 is 11.3 Å². The second-order valence-electron chi connectivity index (χ2n) is 7.43. The zero-order valence-electron chi connectivity index (χ0n) is 17.9. The number of aromatic nitrogens is 2. The molecule has 5 nitrogen and oxygen atoms in total. The molecule has 164 valence electrons. The summed E-state index contributed by atoms with van der Waals surface area (Å²) in [6, 6.07) is 20.0. The fourth-order valence-corrected chi connectivity index (χ4v) is 4.78. The third-order valence-electron chi connectivity index (χ3n) is 5.30. The van der Waals surface area contributed by atoms with Gasteiger partial charge in [-0.25, -0.2) is 9.37 Å². The van der Waals surface area contributed by atoms with Crippen molar-refractivity contribution < 1.29 is 13.9 Å². The number of halogens is 1. The molecule has 2 heterocycles. The molecule has 5 aromatic rings. The number of para-hydroxylation sites is 1. The van der Waals surface area contributed by atoms with Crippen LogP contribution in [0.5, 0.6) is 5.75 Å². The van der Waals surface area contributed by atoms with Crippen molar-refractivity contribution in [2.24, 2.45) is 0 Å². The highest BCUT2D eigenvalue weighted by atomic mass is 32.1. The largest absolute Gasteiger partial charge is 0.493 e. The summed E-state index contributed by atoms with van der Waals surface area (Å²) in [5.74, 6) is -0.174. The maximum Gasteiger partial charge on any atom is 0.264 e. The number of pyridine rings is 1. The summed E-state index contributed by atoms with van der Waals surface area (Å²) >= 11 is 1.28. The summed E-state index contributed by atoms with van der Waals surface area (Å²) in [5, 5.41) is 2.14. The van der Waals surface area contributed by atoms with Gasteiger partial charge in [-0.15, -0.1) is 0 Å². The van der Waals surface area contributed by atoms with E-state index in [1.807, 2.05) is 55.5 Å². The second-order valence-corrected chi connectivity index (χ2v) is 8.44. The van der Waals surface area contributed by atoms with E-state index in [-0.39, 0.29) is 18.0 Å². The monoisotopic (exact) mass is 457 g/mol. The highest BCUT2D eigenvalue weighted by Crippen LogP contribution is 2.35. The van der Waals surface area contributed by atoms with Gasteiger partial charge in [0, 0.05) is 12.4 Å². The Balaban J connectivity index is 1.69. The third kappa shape index (κ3) is 4.03. The summed E-state index contributed by atoms with van der Waals surface area (Å²) in [4.78, 5) is 24.4. The average molecular weight is 458 g/mol. The molecular formula is C26H20FN3O2S. The van der Waals surface area contributed by atoms with Crippen molar-refractivity contribution in [1.29, 1.82) is 0 Å². The molecule has 0 N–H and O–H groups in total. The zero-order chi connectivity index (χ0) is 22.8. The van der Waals surface area contributed by atoms with Gasteiger partial charge < -0.3 is 4.74 Å². The lowest BCUT2D eigenvalue weighted by Crippen LogP contribution is -2.31. The SMILES string of the molecule is CCOc1ccc2ccccc2c1C(=O)N(Cc1cccnc1)c1nc2c(F)cccc2s1. The van der Waals surface area contributed by atoms with Crippen LogP contribution in [0.2, 0.25) is 0 Å². The molecule has 0 bridgehead atoms. The minimum atomic E-state index is -0.413. The first kappa shape index (κ1) is 21.0. The number of rotatable bonds is 6. The van der Waals surface area contributed by atoms with Crippen molar-refractivity contribution in [3.8, 4) is 5.75 Å². The number of amides is 1. The number of benzene rings is 3. The van der Waals surface area contributed by atoms with Crippen molar-refractivity contribution in [2.75, 3.05) is 11.5 Å². The molecule has 0 aliphatic heterocycles. The lowest BCUT2D eigenvalue weighted by atomic mass is 10.0. The van der Waals surface area contributed by atoms with E-state index in [1.54, 1.807) is 29.4 Å². The predicted molar refractivity (Wildman–Crippen MR) is 129 cm³/mol. The predicted octanol–water partition coefficient (Wildman–Crippen LogP) is 6.23. The number of anilines is 1. The molecule has 0 saturated carbocycles. The number of ether oxygens (including phenoxy) is 1. The molecule has 7 heteroatoms. The molecule has 0 spiro atoms. The third-order valence-corrected chi connectivity index (χ3v) is 6.35. The van der Waals surface area contributed by atoms with Gasteiger partial charge in [-0.05, 0) is 47.5 Å². The number of carbonyl (C=O) groups is 1. The molecule has 3 aromatic carbocycles. The van der Waals surface area contributed by atoms with E-state index in [0.717, 1.165) is 16.3 Å². The van der Waals surface area contributed by atoms with E-state index in [4.69, 9.17) is 4.74 Å². The molecule has 0 fully saturated rings. The maximum absolute atomic E-state index is 14.4. The Bertz CT molecular complexity index is 1450. The van der Waals surface area contributed by atoms with Gasteiger partial charge in [0.25, 0.3) is 5.91 Å². The molecule has 0 unspecified atom stereocenters. The van der Waals surface area contributed by atoms with Crippen LogP contribution in [0.15, 0.2) is 79.1 Å². The minimum Gasteiger partial charge on any atom is -0.493 e. The van der Waals surface area contributed by atoms with Crippen molar-refractivity contribution in [1.82, 2.24) is 9.97 Å². The summed E-state index contributed by atoms with van der Waals surface area (Å²) in [5.41, 5.74) is 1.55. The fraction of sp³-hybridized carbons (Fsp3) is 0.115. The Kier molecular flexibility index (Phi) is 5.71. The standard InChI is InChI=1S/C26H20FN3O2S/c1-2-32-21-13-12-18-8-3-4-9-19(18)23(21)25(31)30(16-17-7-6-14-28-15-17)26-29-24-20(27)10-5-11-22(24)33-26/h3-15H,2,16H2,1H3. The van der Waals surface area contributed by atoms with E-state index in [9.17, 15) is 9.18 Å². The van der Waals surface area contributed by atoms with Crippen molar-refractivity contribution >= 4 is 43.4 Å². The number of hydrogen-bond acceptors (Lipinski definition) is 5. The van der Waals surface area contributed by atoms with Crippen molar-refractivity contribution in [3.63, 3.8) is 0 Å². The lowest BCUT2D eigenvalue weighted by molar-refractivity contribution is 0.0983. The number of thiazole rings is 1. The minimum absolute atomic E-state index is 0.239. The molecule has 2 aromatic heterocycles. The number of hydrogen-bond donors (Lipinski definition) is 0. The number of fused-ring (bicyclic) bond motifs is 2. The molecule has 0 radical (unpaired) electrons. The summed E-state index contributed by atoms with van der Waals surface area (Å²) in [6.07, 6.45) is 3.39. The molecule has 0 aliphatic carbocycles. The van der Waals surface area contributed by atoms with E-state index in [2.05, 4.69) is 9.97 Å². The van der Waals surface area contributed by atoms with Crippen molar-refractivity contribution in [2.45, 2.75) is 13.5 Å². The Morgan fingerprint density at radius 1 is 1.06 bits per heavy atom. The summed E-state index contributed by atoms with van der Waals surface area (Å²) in [7, 11) is 0. The van der Waals surface area contributed by atoms with Gasteiger partial charge in [-0.3, -0.25) is 14.7 Å². The summed E-state index contributed by atoms with van der Waals surface area (Å²) in [6.45, 7) is 2.55. The fourth-order valence-electron chi connectivity index (χ4n) is 3.80. The Morgan fingerprint density at radius 3 is 2.73 bits per heavy atom. The highest BCUT2D eigenvalue weighted by Gasteiger charge is 2.27. The average Bonchev–Trinajstić information content (AvgIpc) is 3.28. The number of carbonyl (C=O) groups excluding carboxylic acids is 1. The van der Waals surface area contributed by atoms with Gasteiger partial charge in [0.1, 0.15) is 17.1 Å². The Hall–Kier alpha value is -3.84. The molecule has 5 rings (SSSR count). The number of nitrogens with zero attached hydrogens (tertiary/aromatic N) is 3. The molecular weight excluding hydrogens is 437 g/mol. The van der Waals surface area contributed by atoms with Crippen LogP contribution in [0.25, 0.3) is 21.0 Å². The van der Waals surface area contributed by atoms with E-state index in [0.29, 0.717) is 27.8 Å². The Labute approximate surface area is 194 Å². The van der Waals surface area contributed by atoms with Crippen molar-refractivity contribution in [3.05, 3.63) is 96.1 Å². The van der Waals surface area contributed by atoms with E-state index in [1.165, 1.54) is 17.4 Å². The van der Waals surface area contributed by atoms with Crippen LogP contribution in [-0.2, 0) is 6.54 Å². The van der Waals surface area contributed by atoms with Gasteiger partial charge in [0.2, 0.25) is 0 Å².